The first-order valence-electron chi connectivity index (χ1n) is 11.4. The molecule has 1 unspecified atom stereocenters. The molecule has 2 aromatic carbocycles. The van der Waals surface area contributed by atoms with E-state index in [4.69, 9.17) is 4.74 Å². The van der Waals surface area contributed by atoms with Crippen molar-refractivity contribution < 1.29 is 14.3 Å². The molecule has 0 aliphatic rings. The average molecular weight is 439 g/mol. The number of hydrogen-bond acceptors (Lipinski definition) is 3. The minimum atomic E-state index is -0.562. The third-order valence-corrected chi connectivity index (χ3v) is 5.34. The summed E-state index contributed by atoms with van der Waals surface area (Å²) < 4.78 is 6.00. The average Bonchev–Trinajstić information content (AvgIpc) is 2.72. The number of nitrogens with zero attached hydrogens (tertiary/aromatic N) is 1. The van der Waals surface area contributed by atoms with E-state index < -0.39 is 6.04 Å². The number of hydrogen-bond donors (Lipinski definition) is 1. The van der Waals surface area contributed by atoms with Crippen molar-refractivity contribution in [2.75, 3.05) is 6.61 Å². The lowest BCUT2D eigenvalue weighted by Gasteiger charge is -2.31. The number of ether oxygens (including phenoxy) is 1. The smallest absolute Gasteiger partial charge is 0.261 e. The van der Waals surface area contributed by atoms with Crippen LogP contribution in [0.5, 0.6) is 5.75 Å². The molecule has 174 valence electrons. The lowest BCUT2D eigenvalue weighted by molar-refractivity contribution is -0.143. The molecule has 2 rings (SSSR count). The molecule has 5 nitrogen and oxygen atoms in total. The maximum atomic E-state index is 13.4. The maximum Gasteiger partial charge on any atom is 0.261 e. The summed E-state index contributed by atoms with van der Waals surface area (Å²) in [7, 11) is 0. The van der Waals surface area contributed by atoms with E-state index in [1.165, 1.54) is 0 Å². The van der Waals surface area contributed by atoms with E-state index in [2.05, 4.69) is 26.1 Å². The maximum absolute atomic E-state index is 13.4. The van der Waals surface area contributed by atoms with E-state index in [0.717, 1.165) is 16.7 Å². The Kier molecular flexibility index (Phi) is 8.88. The van der Waals surface area contributed by atoms with Gasteiger partial charge in [-0.1, -0.05) is 75.7 Å². The molecular formula is C27H38N2O3. The van der Waals surface area contributed by atoms with Gasteiger partial charge in [0.15, 0.2) is 6.61 Å². The summed E-state index contributed by atoms with van der Waals surface area (Å²) in [6, 6.07) is 15.3. The fourth-order valence-corrected chi connectivity index (χ4v) is 3.62. The fraction of sp³-hybridized carbons (Fsp3) is 0.481. The van der Waals surface area contributed by atoms with Crippen LogP contribution >= 0.6 is 0 Å². The Morgan fingerprint density at radius 1 is 1.03 bits per heavy atom. The Morgan fingerprint density at radius 2 is 1.66 bits per heavy atom. The first-order chi connectivity index (χ1) is 15.0. The van der Waals surface area contributed by atoms with E-state index in [-0.39, 0.29) is 29.9 Å². The van der Waals surface area contributed by atoms with Gasteiger partial charge in [0, 0.05) is 12.6 Å². The van der Waals surface area contributed by atoms with Crippen molar-refractivity contribution in [2.45, 2.75) is 78.9 Å². The Morgan fingerprint density at radius 3 is 2.22 bits per heavy atom. The van der Waals surface area contributed by atoms with Gasteiger partial charge in [-0.3, -0.25) is 9.59 Å². The number of aryl methyl sites for hydroxylation is 1. The minimum Gasteiger partial charge on any atom is -0.483 e. The zero-order valence-electron chi connectivity index (χ0n) is 20.6. The lowest BCUT2D eigenvalue weighted by Crippen LogP contribution is -2.51. The number of carbonyl (C=O) groups is 2. The summed E-state index contributed by atoms with van der Waals surface area (Å²) in [6.45, 7) is 14.4. The van der Waals surface area contributed by atoms with E-state index in [1.807, 2.05) is 76.2 Å². The molecule has 0 spiro atoms. The molecule has 0 aliphatic heterocycles. The monoisotopic (exact) mass is 438 g/mol. The molecule has 1 N–H and O–H groups in total. The van der Waals surface area contributed by atoms with Crippen molar-refractivity contribution in [3.8, 4) is 5.75 Å². The molecule has 32 heavy (non-hydrogen) atoms. The van der Waals surface area contributed by atoms with Crippen LogP contribution in [-0.2, 0) is 21.5 Å². The van der Waals surface area contributed by atoms with Gasteiger partial charge in [0.05, 0.1) is 0 Å². The first kappa shape index (κ1) is 25.4. The van der Waals surface area contributed by atoms with Crippen molar-refractivity contribution >= 4 is 11.8 Å². The van der Waals surface area contributed by atoms with Gasteiger partial charge in [0.25, 0.3) is 5.91 Å². The molecule has 2 amide bonds. The van der Waals surface area contributed by atoms with Crippen LogP contribution in [0.25, 0.3) is 0 Å². The molecule has 0 aromatic heterocycles. The zero-order valence-corrected chi connectivity index (χ0v) is 20.6. The highest BCUT2D eigenvalue weighted by molar-refractivity contribution is 5.88. The SMILES string of the molecule is CCC(C(=O)NC(C)C)N(Cc1ccc(C)cc1)C(=O)COc1ccccc1C(C)(C)C. The topological polar surface area (TPSA) is 58.6 Å². The Labute approximate surface area is 193 Å². The number of para-hydroxylation sites is 1. The molecule has 0 radical (unpaired) electrons. The summed E-state index contributed by atoms with van der Waals surface area (Å²) in [5, 5.41) is 2.95. The quantitative estimate of drug-likeness (QED) is 0.599. The number of amides is 2. The normalized spacial score (nSPS) is 12.4. The van der Waals surface area contributed by atoms with Crippen molar-refractivity contribution in [3.63, 3.8) is 0 Å². The fourth-order valence-electron chi connectivity index (χ4n) is 3.62. The first-order valence-corrected chi connectivity index (χ1v) is 11.4. The molecule has 0 saturated carbocycles. The van der Waals surface area contributed by atoms with Gasteiger partial charge in [-0.25, -0.2) is 0 Å². The van der Waals surface area contributed by atoms with Crippen LogP contribution in [0.15, 0.2) is 48.5 Å². The van der Waals surface area contributed by atoms with Crippen molar-refractivity contribution in [1.29, 1.82) is 0 Å². The second-order valence-corrected chi connectivity index (χ2v) is 9.63. The Balaban J connectivity index is 2.27. The molecule has 0 bridgehead atoms. The molecule has 0 fully saturated rings. The Hall–Kier alpha value is -2.82. The highest BCUT2D eigenvalue weighted by Gasteiger charge is 2.29. The van der Waals surface area contributed by atoms with Gasteiger partial charge in [-0.05, 0) is 49.8 Å². The number of rotatable bonds is 9. The highest BCUT2D eigenvalue weighted by atomic mass is 16.5. The minimum absolute atomic E-state index is 0.00258. The van der Waals surface area contributed by atoms with Gasteiger partial charge < -0.3 is 15.0 Å². The standard InChI is InChI=1S/C27H38N2O3/c1-8-23(26(31)28-19(2)3)29(17-21-15-13-20(4)14-16-21)25(30)18-32-24-12-10-9-11-22(24)27(5,6)7/h9-16,19,23H,8,17-18H2,1-7H3,(H,28,31). The molecule has 1 atom stereocenters. The highest BCUT2D eigenvalue weighted by Crippen LogP contribution is 2.31. The van der Waals surface area contributed by atoms with Gasteiger partial charge >= 0.3 is 0 Å². The lowest BCUT2D eigenvalue weighted by atomic mass is 9.86. The van der Waals surface area contributed by atoms with Gasteiger partial charge in [0.1, 0.15) is 11.8 Å². The van der Waals surface area contributed by atoms with Crippen LogP contribution in [-0.4, -0.2) is 35.4 Å². The molecule has 5 heteroatoms. The van der Waals surface area contributed by atoms with E-state index in [0.29, 0.717) is 18.7 Å². The molecule has 0 saturated heterocycles. The predicted molar refractivity (Wildman–Crippen MR) is 130 cm³/mol. The van der Waals surface area contributed by atoms with Crippen LogP contribution in [0.3, 0.4) is 0 Å². The van der Waals surface area contributed by atoms with Gasteiger partial charge in [-0.2, -0.15) is 0 Å². The molecule has 0 heterocycles. The van der Waals surface area contributed by atoms with Crippen LogP contribution in [0, 0.1) is 6.92 Å². The summed E-state index contributed by atoms with van der Waals surface area (Å²) in [6.07, 6.45) is 0.523. The third-order valence-electron chi connectivity index (χ3n) is 5.34. The third kappa shape index (κ3) is 7.11. The van der Waals surface area contributed by atoms with Crippen molar-refractivity contribution in [3.05, 3.63) is 65.2 Å². The summed E-state index contributed by atoms with van der Waals surface area (Å²) in [5.41, 5.74) is 3.07. The molecule has 2 aromatic rings. The zero-order chi connectivity index (χ0) is 23.9. The van der Waals surface area contributed by atoms with Crippen LogP contribution in [0.2, 0.25) is 0 Å². The van der Waals surface area contributed by atoms with Gasteiger partial charge in [-0.15, -0.1) is 0 Å². The van der Waals surface area contributed by atoms with E-state index in [1.54, 1.807) is 4.90 Å². The summed E-state index contributed by atoms with van der Waals surface area (Å²) in [4.78, 5) is 27.9. The van der Waals surface area contributed by atoms with Crippen LogP contribution in [0.1, 0.15) is 64.7 Å². The van der Waals surface area contributed by atoms with Crippen LogP contribution in [0.4, 0.5) is 0 Å². The van der Waals surface area contributed by atoms with Crippen molar-refractivity contribution in [2.24, 2.45) is 0 Å². The Bertz CT molecular complexity index is 898. The van der Waals surface area contributed by atoms with E-state index >= 15 is 0 Å². The second kappa shape index (κ2) is 11.2. The number of nitrogens with one attached hydrogen (secondary N) is 1. The molecule has 0 aliphatic carbocycles. The summed E-state index contributed by atoms with van der Waals surface area (Å²) >= 11 is 0. The molecular weight excluding hydrogens is 400 g/mol. The second-order valence-electron chi connectivity index (χ2n) is 9.63. The van der Waals surface area contributed by atoms with Crippen LogP contribution < -0.4 is 10.1 Å². The van der Waals surface area contributed by atoms with Gasteiger partial charge in [0.2, 0.25) is 5.91 Å². The summed E-state index contributed by atoms with van der Waals surface area (Å²) in [5.74, 6) is 0.349. The van der Waals surface area contributed by atoms with Crippen molar-refractivity contribution in [1.82, 2.24) is 10.2 Å². The predicted octanol–water partition coefficient (Wildman–Crippen LogP) is 5.00. The number of benzene rings is 2. The van der Waals surface area contributed by atoms with E-state index in [9.17, 15) is 9.59 Å². The largest absolute Gasteiger partial charge is 0.483 e. The number of carbonyl (C=O) groups excluding carboxylic acids is 2.